The van der Waals surface area contributed by atoms with Gasteiger partial charge in [-0.1, -0.05) is 6.08 Å². The van der Waals surface area contributed by atoms with Crippen molar-refractivity contribution in [2.75, 3.05) is 6.61 Å². The molecule has 0 aliphatic heterocycles. The number of ether oxygens (including phenoxy) is 2. The van der Waals surface area contributed by atoms with E-state index < -0.39 is 18.2 Å². The fourth-order valence-corrected chi connectivity index (χ4v) is 1.62. The molecule has 7 heteroatoms. The Bertz CT molecular complexity index is 758. The maximum absolute atomic E-state index is 11.7. The van der Waals surface area contributed by atoms with Crippen LogP contribution < -0.4 is 15.1 Å². The van der Waals surface area contributed by atoms with Gasteiger partial charge >= 0.3 is 11.6 Å². The first-order valence-electron chi connectivity index (χ1n) is 5.95. The molecular weight excluding hydrogens is 280 g/mol. The van der Waals surface area contributed by atoms with E-state index in [1.54, 1.807) is 13.0 Å². The summed E-state index contributed by atoms with van der Waals surface area (Å²) in [7, 11) is 0. The third-order valence-corrected chi connectivity index (χ3v) is 2.50. The average Bonchev–Trinajstić information content (AvgIpc) is 2.44. The molecule has 0 bridgehead atoms. The quantitative estimate of drug-likeness (QED) is 0.640. The van der Waals surface area contributed by atoms with Gasteiger partial charge in [-0.15, -0.1) is 0 Å². The Hall–Kier alpha value is -2.96. The lowest BCUT2D eigenvalue weighted by molar-refractivity contribution is -0.139. The molecule has 0 amide bonds. The van der Waals surface area contributed by atoms with Gasteiger partial charge in [-0.05, 0) is 19.1 Å². The summed E-state index contributed by atoms with van der Waals surface area (Å²) in [6, 6.07) is 4.20. The van der Waals surface area contributed by atoms with Crippen LogP contribution in [0.1, 0.15) is 6.92 Å². The topological polar surface area (TPSA) is 106 Å². The minimum atomic E-state index is -1.13. The van der Waals surface area contributed by atoms with E-state index in [2.05, 4.69) is 0 Å². The predicted molar refractivity (Wildman–Crippen MR) is 72.7 cm³/mol. The van der Waals surface area contributed by atoms with Crippen LogP contribution in [0.2, 0.25) is 0 Å². The number of benzene rings is 1. The van der Waals surface area contributed by atoms with Gasteiger partial charge in [0, 0.05) is 6.07 Å². The molecule has 0 fully saturated rings. The summed E-state index contributed by atoms with van der Waals surface area (Å²) in [5.74, 6) is -1.60. The molecule has 1 aromatic heterocycles. The number of rotatable bonds is 5. The number of allylic oxidation sites excluding steroid dienone is 1. The Morgan fingerprint density at radius 2 is 2.19 bits per heavy atom. The molecule has 0 spiro atoms. The number of aromatic hydroxyl groups is 1. The van der Waals surface area contributed by atoms with Gasteiger partial charge in [0.1, 0.15) is 11.3 Å². The van der Waals surface area contributed by atoms with E-state index in [0.29, 0.717) is 0 Å². The molecule has 21 heavy (non-hydrogen) atoms. The van der Waals surface area contributed by atoms with Crippen LogP contribution in [0.15, 0.2) is 39.7 Å². The standard InChI is InChI=1S/C14H12O7/c1-2-5-19-13-12(17)9-4-3-8(20-7-11(15)16)6-10(9)21-14(13)18/h2-6,17H,7H2,1H3,(H,15,16). The number of hydrogen-bond acceptors (Lipinski definition) is 6. The molecule has 0 unspecified atom stereocenters. The molecular formula is C14H12O7. The summed E-state index contributed by atoms with van der Waals surface area (Å²) in [5.41, 5.74) is -0.790. The van der Waals surface area contributed by atoms with Crippen molar-refractivity contribution >= 4 is 16.9 Å². The van der Waals surface area contributed by atoms with E-state index >= 15 is 0 Å². The Kier molecular flexibility index (Phi) is 4.13. The first-order chi connectivity index (χ1) is 10.0. The predicted octanol–water partition coefficient (Wildman–Crippen LogP) is 1.87. The van der Waals surface area contributed by atoms with Crippen LogP contribution in [0.3, 0.4) is 0 Å². The van der Waals surface area contributed by atoms with Gasteiger partial charge in [-0.3, -0.25) is 0 Å². The van der Waals surface area contributed by atoms with E-state index in [1.807, 2.05) is 0 Å². The van der Waals surface area contributed by atoms with Gasteiger partial charge in [-0.25, -0.2) is 9.59 Å². The highest BCUT2D eigenvalue weighted by molar-refractivity contribution is 5.86. The number of carboxylic acids is 1. The summed E-state index contributed by atoms with van der Waals surface area (Å²) in [5, 5.41) is 18.8. The lowest BCUT2D eigenvalue weighted by Crippen LogP contribution is -2.09. The normalized spacial score (nSPS) is 10.9. The lowest BCUT2D eigenvalue weighted by atomic mass is 10.2. The lowest BCUT2D eigenvalue weighted by Gasteiger charge is -2.07. The average molecular weight is 292 g/mol. The molecule has 0 aliphatic rings. The van der Waals surface area contributed by atoms with Crippen LogP contribution in [-0.4, -0.2) is 22.8 Å². The molecule has 7 nitrogen and oxygen atoms in total. The smallest absolute Gasteiger partial charge is 0.383 e. The third-order valence-electron chi connectivity index (χ3n) is 2.50. The number of aliphatic carboxylic acids is 1. The molecule has 2 rings (SSSR count). The summed E-state index contributed by atoms with van der Waals surface area (Å²) < 4.78 is 15.0. The van der Waals surface area contributed by atoms with Crippen LogP contribution in [0, 0.1) is 0 Å². The molecule has 2 aromatic rings. The molecule has 0 saturated heterocycles. The summed E-state index contributed by atoms with van der Waals surface area (Å²) in [6.07, 6.45) is 2.79. The molecule has 0 atom stereocenters. The summed E-state index contributed by atoms with van der Waals surface area (Å²) in [4.78, 5) is 22.1. The molecule has 110 valence electrons. The van der Waals surface area contributed by atoms with Crippen molar-refractivity contribution in [1.82, 2.24) is 0 Å². The van der Waals surface area contributed by atoms with Crippen LogP contribution in [0.5, 0.6) is 17.2 Å². The van der Waals surface area contributed by atoms with Gasteiger partial charge in [0.2, 0.25) is 0 Å². The largest absolute Gasteiger partial charge is 0.504 e. The highest BCUT2D eigenvalue weighted by Crippen LogP contribution is 2.33. The minimum Gasteiger partial charge on any atom is -0.504 e. The second-order valence-electron chi connectivity index (χ2n) is 3.99. The van der Waals surface area contributed by atoms with Gasteiger partial charge in [0.05, 0.1) is 11.6 Å². The third kappa shape index (κ3) is 3.14. The van der Waals surface area contributed by atoms with Crippen molar-refractivity contribution < 1.29 is 28.9 Å². The van der Waals surface area contributed by atoms with Gasteiger partial charge < -0.3 is 24.1 Å². The number of hydrogen-bond donors (Lipinski definition) is 2. The highest BCUT2D eigenvalue weighted by atomic mass is 16.5. The monoisotopic (exact) mass is 292 g/mol. The van der Waals surface area contributed by atoms with Crippen LogP contribution in [0.4, 0.5) is 0 Å². The molecule has 0 radical (unpaired) electrons. The van der Waals surface area contributed by atoms with E-state index in [1.165, 1.54) is 24.5 Å². The molecule has 1 heterocycles. The molecule has 0 aliphatic carbocycles. The zero-order valence-corrected chi connectivity index (χ0v) is 11.0. The first kappa shape index (κ1) is 14.4. The van der Waals surface area contributed by atoms with E-state index in [9.17, 15) is 14.7 Å². The Labute approximate surface area is 118 Å². The van der Waals surface area contributed by atoms with Gasteiger partial charge in [0.15, 0.2) is 12.4 Å². The maximum atomic E-state index is 11.7. The van der Waals surface area contributed by atoms with E-state index in [4.69, 9.17) is 19.0 Å². The van der Waals surface area contributed by atoms with E-state index in [0.717, 1.165) is 0 Å². The fourth-order valence-electron chi connectivity index (χ4n) is 1.62. The van der Waals surface area contributed by atoms with Crippen molar-refractivity contribution in [3.63, 3.8) is 0 Å². The van der Waals surface area contributed by atoms with Crippen molar-refractivity contribution in [3.05, 3.63) is 41.0 Å². The second kappa shape index (κ2) is 6.00. The fraction of sp³-hybridized carbons (Fsp3) is 0.143. The number of fused-ring (bicyclic) bond motifs is 1. The van der Waals surface area contributed by atoms with Gasteiger partial charge in [-0.2, -0.15) is 0 Å². The summed E-state index contributed by atoms with van der Waals surface area (Å²) in [6.45, 7) is 1.16. The SMILES string of the molecule is CC=COc1c(O)c2ccc(OCC(=O)O)cc2oc1=O. The highest BCUT2D eigenvalue weighted by Gasteiger charge is 2.15. The Morgan fingerprint density at radius 3 is 2.86 bits per heavy atom. The molecule has 2 N–H and O–H groups in total. The zero-order chi connectivity index (χ0) is 15.4. The summed E-state index contributed by atoms with van der Waals surface area (Å²) >= 11 is 0. The number of carboxylic acid groups (broad SMARTS) is 1. The van der Waals surface area contributed by atoms with Crippen LogP contribution in [-0.2, 0) is 4.79 Å². The first-order valence-corrected chi connectivity index (χ1v) is 5.95. The molecule has 1 aromatic carbocycles. The Balaban J connectivity index is 2.45. The second-order valence-corrected chi connectivity index (χ2v) is 3.99. The Morgan fingerprint density at radius 1 is 1.43 bits per heavy atom. The zero-order valence-electron chi connectivity index (χ0n) is 11.0. The van der Waals surface area contributed by atoms with Crippen LogP contribution in [0.25, 0.3) is 11.0 Å². The molecule has 0 saturated carbocycles. The van der Waals surface area contributed by atoms with Crippen molar-refractivity contribution in [1.29, 1.82) is 0 Å². The van der Waals surface area contributed by atoms with Gasteiger partial charge in [0.25, 0.3) is 5.75 Å². The maximum Gasteiger partial charge on any atom is 0.383 e. The van der Waals surface area contributed by atoms with Crippen molar-refractivity contribution in [3.8, 4) is 17.2 Å². The minimum absolute atomic E-state index is 0.0632. The van der Waals surface area contributed by atoms with E-state index in [-0.39, 0.29) is 28.2 Å². The van der Waals surface area contributed by atoms with Crippen molar-refractivity contribution in [2.45, 2.75) is 6.92 Å². The van der Waals surface area contributed by atoms with Crippen molar-refractivity contribution in [2.24, 2.45) is 0 Å². The van der Waals surface area contributed by atoms with Crippen LogP contribution >= 0.6 is 0 Å². The number of carbonyl (C=O) groups is 1.